The first-order valence-corrected chi connectivity index (χ1v) is 5.13. The van der Waals surface area contributed by atoms with Crippen LogP contribution in [0, 0.1) is 23.4 Å². The summed E-state index contributed by atoms with van der Waals surface area (Å²) in [7, 11) is 0. The van der Waals surface area contributed by atoms with Crippen LogP contribution in [0.4, 0.5) is 18.9 Å². The third-order valence-electron chi connectivity index (χ3n) is 2.64. The zero-order valence-corrected chi connectivity index (χ0v) is 8.60. The maximum atomic E-state index is 13.2. The molecule has 1 unspecified atom stereocenters. The maximum absolute atomic E-state index is 13.2. The van der Waals surface area contributed by atoms with Gasteiger partial charge in [0.05, 0.1) is 12.3 Å². The van der Waals surface area contributed by atoms with Crippen molar-refractivity contribution in [3.05, 3.63) is 29.6 Å². The Kier molecular flexibility index (Phi) is 3.33. The third kappa shape index (κ3) is 2.29. The van der Waals surface area contributed by atoms with Crippen molar-refractivity contribution in [1.82, 2.24) is 0 Å². The lowest BCUT2D eigenvalue weighted by Crippen LogP contribution is -2.15. The van der Waals surface area contributed by atoms with Crippen molar-refractivity contribution in [1.29, 1.82) is 0 Å². The van der Waals surface area contributed by atoms with Crippen LogP contribution in [-0.4, -0.2) is 19.8 Å². The molecule has 1 fully saturated rings. The number of anilines is 1. The molecule has 16 heavy (non-hydrogen) atoms. The van der Waals surface area contributed by atoms with Gasteiger partial charge in [-0.1, -0.05) is 0 Å². The van der Waals surface area contributed by atoms with Crippen molar-refractivity contribution >= 4 is 5.69 Å². The summed E-state index contributed by atoms with van der Waals surface area (Å²) >= 11 is 0. The van der Waals surface area contributed by atoms with Crippen LogP contribution in [0.5, 0.6) is 0 Å². The standard InChI is InChI=1S/C11H12F3NO/c12-8-1-2-9(11(14)10(8)13)15-5-7-3-4-16-6-7/h1-2,7,15H,3-6H2. The van der Waals surface area contributed by atoms with Crippen LogP contribution in [-0.2, 0) is 4.74 Å². The Hall–Kier alpha value is -1.23. The molecule has 1 saturated heterocycles. The number of hydrogen-bond donors (Lipinski definition) is 1. The molecule has 1 aromatic carbocycles. The molecule has 0 spiro atoms. The van der Waals surface area contributed by atoms with Crippen LogP contribution in [0.15, 0.2) is 12.1 Å². The van der Waals surface area contributed by atoms with Crippen molar-refractivity contribution < 1.29 is 17.9 Å². The van der Waals surface area contributed by atoms with E-state index in [1.54, 1.807) is 0 Å². The molecule has 2 rings (SSSR count). The summed E-state index contributed by atoms with van der Waals surface area (Å²) in [5, 5.41) is 2.76. The van der Waals surface area contributed by atoms with Crippen molar-refractivity contribution in [3.63, 3.8) is 0 Å². The SMILES string of the molecule is Fc1ccc(NCC2CCOC2)c(F)c1F. The second kappa shape index (κ2) is 4.74. The van der Waals surface area contributed by atoms with Gasteiger partial charge in [-0.25, -0.2) is 13.2 Å². The molecule has 0 amide bonds. The minimum absolute atomic E-state index is 0.00852. The number of nitrogens with one attached hydrogen (secondary N) is 1. The van der Waals surface area contributed by atoms with E-state index in [9.17, 15) is 13.2 Å². The first-order chi connectivity index (χ1) is 7.68. The van der Waals surface area contributed by atoms with Crippen LogP contribution in [0.25, 0.3) is 0 Å². The molecule has 1 aliphatic heterocycles. The summed E-state index contributed by atoms with van der Waals surface area (Å²) in [5.41, 5.74) is -0.00852. The fraction of sp³-hybridized carbons (Fsp3) is 0.455. The maximum Gasteiger partial charge on any atom is 0.196 e. The van der Waals surface area contributed by atoms with E-state index < -0.39 is 17.5 Å². The van der Waals surface area contributed by atoms with Gasteiger partial charge in [0.2, 0.25) is 0 Å². The van der Waals surface area contributed by atoms with Gasteiger partial charge in [0.15, 0.2) is 17.5 Å². The van der Waals surface area contributed by atoms with E-state index in [1.165, 1.54) is 6.07 Å². The minimum atomic E-state index is -1.44. The van der Waals surface area contributed by atoms with E-state index >= 15 is 0 Å². The molecule has 88 valence electrons. The Morgan fingerprint density at radius 1 is 1.25 bits per heavy atom. The highest BCUT2D eigenvalue weighted by molar-refractivity contribution is 5.45. The quantitative estimate of drug-likeness (QED) is 0.807. The molecular weight excluding hydrogens is 219 g/mol. The van der Waals surface area contributed by atoms with E-state index in [-0.39, 0.29) is 5.69 Å². The lowest BCUT2D eigenvalue weighted by atomic mass is 10.1. The summed E-state index contributed by atoms with van der Waals surface area (Å²) in [6.45, 7) is 1.83. The second-order valence-corrected chi connectivity index (χ2v) is 3.83. The Morgan fingerprint density at radius 3 is 2.75 bits per heavy atom. The van der Waals surface area contributed by atoms with Gasteiger partial charge in [-0.05, 0) is 18.6 Å². The molecule has 1 aliphatic rings. The largest absolute Gasteiger partial charge is 0.382 e. The summed E-state index contributed by atoms with van der Waals surface area (Å²) in [6.07, 6.45) is 0.901. The predicted molar refractivity (Wildman–Crippen MR) is 53.7 cm³/mol. The van der Waals surface area contributed by atoms with Crippen LogP contribution in [0.2, 0.25) is 0 Å². The molecule has 1 aromatic rings. The van der Waals surface area contributed by atoms with Crippen LogP contribution < -0.4 is 5.32 Å². The lowest BCUT2D eigenvalue weighted by Gasteiger charge is -2.11. The highest BCUT2D eigenvalue weighted by Gasteiger charge is 2.17. The van der Waals surface area contributed by atoms with Gasteiger partial charge in [-0.3, -0.25) is 0 Å². The van der Waals surface area contributed by atoms with Crippen LogP contribution in [0.1, 0.15) is 6.42 Å². The second-order valence-electron chi connectivity index (χ2n) is 3.83. The van der Waals surface area contributed by atoms with Gasteiger partial charge < -0.3 is 10.1 Å². The Morgan fingerprint density at radius 2 is 2.06 bits per heavy atom. The Labute approximate surface area is 91.4 Å². The molecular formula is C11H12F3NO. The summed E-state index contributed by atoms with van der Waals surface area (Å²) < 4.78 is 43.9. The lowest BCUT2D eigenvalue weighted by molar-refractivity contribution is 0.187. The fourth-order valence-electron chi connectivity index (χ4n) is 1.66. The average Bonchev–Trinajstić information content (AvgIpc) is 2.78. The van der Waals surface area contributed by atoms with Crippen LogP contribution in [0.3, 0.4) is 0 Å². The summed E-state index contributed by atoms with van der Waals surface area (Å²) in [6, 6.07) is 2.11. The Bertz CT molecular complexity index is 378. The molecule has 0 aromatic heterocycles. The minimum Gasteiger partial charge on any atom is -0.382 e. The summed E-state index contributed by atoms with van der Waals surface area (Å²) in [4.78, 5) is 0. The number of rotatable bonds is 3. The zero-order valence-electron chi connectivity index (χ0n) is 8.60. The van der Waals surface area contributed by atoms with Gasteiger partial charge >= 0.3 is 0 Å². The predicted octanol–water partition coefficient (Wildman–Crippen LogP) is 2.55. The molecule has 5 heteroatoms. The molecule has 0 aliphatic carbocycles. The summed E-state index contributed by atoms with van der Waals surface area (Å²) in [5.74, 6) is -3.48. The van der Waals surface area contributed by atoms with Gasteiger partial charge in [0.25, 0.3) is 0 Å². The number of hydrogen-bond acceptors (Lipinski definition) is 2. The van der Waals surface area contributed by atoms with Gasteiger partial charge in [-0.15, -0.1) is 0 Å². The molecule has 1 heterocycles. The van der Waals surface area contributed by atoms with Crippen molar-refractivity contribution in [2.24, 2.45) is 5.92 Å². The monoisotopic (exact) mass is 231 g/mol. The van der Waals surface area contributed by atoms with Crippen LogP contribution >= 0.6 is 0 Å². The first kappa shape index (κ1) is 11.3. The van der Waals surface area contributed by atoms with Crippen molar-refractivity contribution in [2.75, 3.05) is 25.1 Å². The molecule has 0 bridgehead atoms. The fourth-order valence-corrected chi connectivity index (χ4v) is 1.66. The average molecular weight is 231 g/mol. The number of ether oxygens (including phenoxy) is 1. The van der Waals surface area contributed by atoms with Gasteiger partial charge in [-0.2, -0.15) is 0 Å². The molecule has 0 saturated carbocycles. The Balaban J connectivity index is 2.01. The van der Waals surface area contributed by atoms with Crippen molar-refractivity contribution in [2.45, 2.75) is 6.42 Å². The van der Waals surface area contributed by atoms with E-state index in [0.29, 0.717) is 25.7 Å². The third-order valence-corrected chi connectivity index (χ3v) is 2.64. The topological polar surface area (TPSA) is 21.3 Å². The first-order valence-electron chi connectivity index (χ1n) is 5.13. The zero-order chi connectivity index (χ0) is 11.5. The molecule has 2 nitrogen and oxygen atoms in total. The van der Waals surface area contributed by atoms with Gasteiger partial charge in [0.1, 0.15) is 0 Å². The smallest absolute Gasteiger partial charge is 0.196 e. The normalized spacial score (nSPS) is 20.1. The highest BCUT2D eigenvalue weighted by Crippen LogP contribution is 2.21. The van der Waals surface area contributed by atoms with E-state index in [2.05, 4.69) is 5.32 Å². The highest BCUT2D eigenvalue weighted by atomic mass is 19.2. The molecule has 0 radical (unpaired) electrons. The van der Waals surface area contributed by atoms with Crippen molar-refractivity contribution in [3.8, 4) is 0 Å². The van der Waals surface area contributed by atoms with E-state index in [4.69, 9.17) is 4.74 Å². The van der Waals surface area contributed by atoms with E-state index in [1.807, 2.05) is 0 Å². The molecule has 1 atom stereocenters. The van der Waals surface area contributed by atoms with Gasteiger partial charge in [0, 0.05) is 19.1 Å². The number of halogens is 3. The van der Waals surface area contributed by atoms with E-state index in [0.717, 1.165) is 12.5 Å². The number of benzene rings is 1. The molecule has 1 N–H and O–H groups in total.